The first-order valence-corrected chi connectivity index (χ1v) is 6.13. The Morgan fingerprint density at radius 1 is 1.35 bits per heavy atom. The first-order chi connectivity index (χ1) is 8.19. The maximum atomic E-state index is 9.80. The van der Waals surface area contributed by atoms with Crippen molar-refractivity contribution < 1.29 is 20.1 Å². The van der Waals surface area contributed by atoms with Gasteiger partial charge in [-0.15, -0.1) is 0 Å². The van der Waals surface area contributed by atoms with Crippen molar-refractivity contribution >= 4 is 6.02 Å². The van der Waals surface area contributed by atoms with E-state index >= 15 is 0 Å². The Bertz CT molecular complexity index is 297. The van der Waals surface area contributed by atoms with E-state index in [1.807, 2.05) is 0 Å². The molecule has 0 amide bonds. The van der Waals surface area contributed by atoms with Gasteiger partial charge in [0.2, 0.25) is 0 Å². The number of aliphatic hydroxyl groups excluding tert-OH is 3. The van der Waals surface area contributed by atoms with Gasteiger partial charge < -0.3 is 25.4 Å². The first kappa shape index (κ1) is 12.6. The van der Waals surface area contributed by atoms with E-state index in [2.05, 4.69) is 17.2 Å². The van der Waals surface area contributed by atoms with Crippen LogP contribution >= 0.6 is 0 Å². The van der Waals surface area contributed by atoms with Crippen LogP contribution in [-0.4, -0.2) is 58.8 Å². The molecule has 0 aromatic rings. The maximum Gasteiger partial charge on any atom is 0.285 e. The molecular formula is C11H20N2O4. The molecule has 2 aliphatic rings. The topological polar surface area (TPSA) is 94.3 Å². The Morgan fingerprint density at radius 2 is 2.12 bits per heavy atom. The second kappa shape index (κ2) is 5.20. The molecule has 1 aliphatic carbocycles. The molecule has 5 unspecified atom stereocenters. The van der Waals surface area contributed by atoms with E-state index in [0.717, 1.165) is 12.8 Å². The third kappa shape index (κ3) is 2.25. The third-order valence-electron chi connectivity index (χ3n) is 3.45. The van der Waals surface area contributed by atoms with E-state index in [0.29, 0.717) is 12.6 Å². The van der Waals surface area contributed by atoms with Gasteiger partial charge in [0.15, 0.2) is 0 Å². The molecule has 1 aliphatic heterocycles. The van der Waals surface area contributed by atoms with Gasteiger partial charge in [0.25, 0.3) is 6.02 Å². The summed E-state index contributed by atoms with van der Waals surface area (Å²) in [5.74, 6) is -0.457. The summed E-state index contributed by atoms with van der Waals surface area (Å²) in [6.45, 7) is 2.56. The van der Waals surface area contributed by atoms with E-state index in [1.165, 1.54) is 0 Å². The van der Waals surface area contributed by atoms with Gasteiger partial charge in [-0.3, -0.25) is 0 Å². The van der Waals surface area contributed by atoms with Crippen molar-refractivity contribution in [2.45, 2.75) is 44.1 Å². The lowest BCUT2D eigenvalue weighted by atomic mass is 10.1. The summed E-state index contributed by atoms with van der Waals surface area (Å²) in [7, 11) is 0. The Labute approximate surface area is 100 Å². The molecule has 1 heterocycles. The number of fused-ring (bicyclic) bond motifs is 1. The van der Waals surface area contributed by atoms with Gasteiger partial charge in [-0.25, -0.2) is 4.99 Å². The number of ether oxygens (including phenoxy) is 1. The zero-order valence-electron chi connectivity index (χ0n) is 9.91. The molecule has 2 fully saturated rings. The molecule has 0 bridgehead atoms. The van der Waals surface area contributed by atoms with E-state index < -0.39 is 24.2 Å². The Balaban J connectivity index is 1.99. The highest BCUT2D eigenvalue weighted by Crippen LogP contribution is 2.32. The van der Waals surface area contributed by atoms with Crippen molar-refractivity contribution in [1.82, 2.24) is 5.32 Å². The number of nitrogens with zero attached hydrogens (tertiary/aromatic N) is 1. The van der Waals surface area contributed by atoms with Crippen LogP contribution in [0, 0.1) is 5.92 Å². The number of hydrogen-bond acceptors (Lipinski definition) is 5. The summed E-state index contributed by atoms with van der Waals surface area (Å²) in [5.41, 5.74) is 0. The Kier molecular flexibility index (Phi) is 3.86. The number of unbranched alkanes of at least 4 members (excludes halogenated alkanes) is 1. The zero-order valence-corrected chi connectivity index (χ0v) is 9.91. The van der Waals surface area contributed by atoms with Crippen LogP contribution in [0.3, 0.4) is 0 Å². The maximum absolute atomic E-state index is 9.80. The number of aliphatic imine (C=N–C) groups is 1. The second-order valence-corrected chi connectivity index (χ2v) is 4.62. The highest BCUT2D eigenvalue weighted by Gasteiger charge is 2.54. The lowest BCUT2D eigenvalue weighted by Crippen LogP contribution is -2.40. The molecule has 0 radical (unpaired) electrons. The minimum absolute atomic E-state index is 0.205. The lowest BCUT2D eigenvalue weighted by Gasteiger charge is -2.17. The van der Waals surface area contributed by atoms with E-state index in [4.69, 9.17) is 4.74 Å². The minimum atomic E-state index is -0.945. The predicted molar refractivity (Wildman–Crippen MR) is 61.6 cm³/mol. The van der Waals surface area contributed by atoms with Crippen LogP contribution in [0.25, 0.3) is 0 Å². The van der Waals surface area contributed by atoms with Crippen molar-refractivity contribution in [2.24, 2.45) is 10.9 Å². The van der Waals surface area contributed by atoms with Crippen molar-refractivity contribution in [1.29, 1.82) is 0 Å². The van der Waals surface area contributed by atoms with Gasteiger partial charge in [0, 0.05) is 12.5 Å². The summed E-state index contributed by atoms with van der Waals surface area (Å²) in [6, 6.07) is 0.0420. The number of aliphatic hydroxyl groups is 3. The molecule has 5 atom stereocenters. The molecule has 2 rings (SSSR count). The predicted octanol–water partition coefficient (Wildman–Crippen LogP) is -1.16. The Hall–Kier alpha value is -0.850. The quantitative estimate of drug-likeness (QED) is 0.468. The van der Waals surface area contributed by atoms with Crippen molar-refractivity contribution in [3.8, 4) is 0 Å². The van der Waals surface area contributed by atoms with Crippen LogP contribution in [0.15, 0.2) is 4.99 Å². The third-order valence-corrected chi connectivity index (χ3v) is 3.45. The van der Waals surface area contributed by atoms with E-state index in [9.17, 15) is 15.3 Å². The SMILES string of the molecule is CCCCN=C1NC2C(O)C(O)C(CO)C2O1. The first-order valence-electron chi connectivity index (χ1n) is 6.13. The molecule has 4 N–H and O–H groups in total. The summed E-state index contributed by atoms with van der Waals surface area (Å²) < 4.78 is 5.54. The standard InChI is InChI=1S/C11H20N2O4/c1-2-3-4-12-11-13-7-9(16)8(15)6(5-14)10(7)17-11/h6-10,14-16H,2-5H2,1H3,(H,12,13). The van der Waals surface area contributed by atoms with Gasteiger partial charge in [0.1, 0.15) is 12.2 Å². The number of rotatable bonds is 4. The zero-order chi connectivity index (χ0) is 12.4. The van der Waals surface area contributed by atoms with Crippen LogP contribution in [0.4, 0.5) is 0 Å². The van der Waals surface area contributed by atoms with E-state index in [-0.39, 0.29) is 12.6 Å². The highest BCUT2D eigenvalue weighted by molar-refractivity contribution is 5.76. The smallest absolute Gasteiger partial charge is 0.285 e. The molecule has 0 spiro atoms. The molecule has 1 saturated heterocycles. The minimum Gasteiger partial charge on any atom is -0.459 e. The molecule has 0 aromatic carbocycles. The number of nitrogens with one attached hydrogen (secondary N) is 1. The van der Waals surface area contributed by atoms with Gasteiger partial charge in [-0.05, 0) is 6.42 Å². The van der Waals surface area contributed by atoms with Gasteiger partial charge >= 0.3 is 0 Å². The normalized spacial score (nSPS) is 42.4. The van der Waals surface area contributed by atoms with Crippen LogP contribution in [0.2, 0.25) is 0 Å². The number of hydrogen-bond donors (Lipinski definition) is 4. The van der Waals surface area contributed by atoms with Crippen LogP contribution in [-0.2, 0) is 4.74 Å². The monoisotopic (exact) mass is 244 g/mol. The molecular weight excluding hydrogens is 224 g/mol. The molecule has 6 heteroatoms. The second-order valence-electron chi connectivity index (χ2n) is 4.62. The number of amidine groups is 1. The average Bonchev–Trinajstić information content (AvgIpc) is 2.81. The fourth-order valence-corrected chi connectivity index (χ4v) is 2.39. The van der Waals surface area contributed by atoms with Crippen molar-refractivity contribution in [2.75, 3.05) is 13.2 Å². The van der Waals surface area contributed by atoms with Crippen molar-refractivity contribution in [3.63, 3.8) is 0 Å². The van der Waals surface area contributed by atoms with E-state index in [1.54, 1.807) is 0 Å². The van der Waals surface area contributed by atoms with Gasteiger partial charge in [-0.1, -0.05) is 13.3 Å². The fraction of sp³-hybridized carbons (Fsp3) is 0.909. The summed E-state index contributed by atoms with van der Waals surface area (Å²) >= 11 is 0. The lowest BCUT2D eigenvalue weighted by molar-refractivity contribution is -0.00879. The summed E-state index contributed by atoms with van der Waals surface area (Å²) in [5, 5.41) is 31.6. The Morgan fingerprint density at radius 3 is 2.76 bits per heavy atom. The van der Waals surface area contributed by atoms with Crippen LogP contribution < -0.4 is 5.32 Å². The van der Waals surface area contributed by atoms with Crippen LogP contribution in [0.1, 0.15) is 19.8 Å². The highest BCUT2D eigenvalue weighted by atomic mass is 16.5. The largest absolute Gasteiger partial charge is 0.459 e. The molecule has 6 nitrogen and oxygen atoms in total. The van der Waals surface area contributed by atoms with Crippen LogP contribution in [0.5, 0.6) is 0 Å². The molecule has 98 valence electrons. The summed E-state index contributed by atoms with van der Waals surface area (Å²) in [6.07, 6.45) is -0.219. The molecule has 0 aromatic heterocycles. The molecule has 17 heavy (non-hydrogen) atoms. The average molecular weight is 244 g/mol. The van der Waals surface area contributed by atoms with Crippen molar-refractivity contribution in [3.05, 3.63) is 0 Å². The molecule has 1 saturated carbocycles. The van der Waals surface area contributed by atoms with Gasteiger partial charge in [-0.2, -0.15) is 0 Å². The van der Waals surface area contributed by atoms with Gasteiger partial charge in [0.05, 0.1) is 18.8 Å². The summed E-state index contributed by atoms with van der Waals surface area (Å²) in [4.78, 5) is 4.23. The fourth-order valence-electron chi connectivity index (χ4n) is 2.39.